The average molecular weight is 261 g/mol. The predicted octanol–water partition coefficient (Wildman–Crippen LogP) is 2.97. The number of morpholine rings is 1. The highest BCUT2D eigenvalue weighted by Gasteiger charge is 2.55. The Labute approximate surface area is 116 Å². The lowest BCUT2D eigenvalue weighted by Crippen LogP contribution is -2.59. The summed E-state index contributed by atoms with van der Waals surface area (Å²) in [6.45, 7) is 2.25. The van der Waals surface area contributed by atoms with Crippen LogP contribution in [0, 0.1) is 29.1 Å². The summed E-state index contributed by atoms with van der Waals surface area (Å²) in [7, 11) is 0. The summed E-state index contributed by atoms with van der Waals surface area (Å²) < 4.78 is 6.63. The first-order chi connectivity index (χ1) is 9.31. The molecule has 1 N–H and O–H groups in total. The normalized spacial score (nSPS) is 56.5. The zero-order chi connectivity index (χ0) is 12.4. The summed E-state index contributed by atoms with van der Waals surface area (Å²) in [5, 5.41) is 3.71. The summed E-state index contributed by atoms with van der Waals surface area (Å²) in [5.41, 5.74) is 0.579. The predicted molar refractivity (Wildman–Crippen MR) is 74.9 cm³/mol. The van der Waals surface area contributed by atoms with Crippen LogP contribution in [0.4, 0.5) is 0 Å². The van der Waals surface area contributed by atoms with Crippen LogP contribution in [0.15, 0.2) is 0 Å². The second kappa shape index (κ2) is 3.98. The Morgan fingerprint density at radius 1 is 0.842 bits per heavy atom. The van der Waals surface area contributed by atoms with Gasteiger partial charge in [0.05, 0.1) is 12.2 Å². The second-order valence-corrected chi connectivity index (χ2v) is 8.44. The molecule has 5 aliphatic carbocycles. The van der Waals surface area contributed by atoms with Crippen LogP contribution >= 0.6 is 0 Å². The summed E-state index contributed by atoms with van der Waals surface area (Å²) >= 11 is 0. The van der Waals surface area contributed by atoms with Gasteiger partial charge in [-0.2, -0.15) is 0 Å². The van der Waals surface area contributed by atoms with Crippen LogP contribution in [0.1, 0.15) is 51.4 Å². The first-order valence-electron chi connectivity index (χ1n) is 8.67. The molecule has 0 aromatic rings. The summed E-state index contributed by atoms with van der Waals surface area (Å²) in [5.74, 6) is 4.05. The summed E-state index contributed by atoms with van der Waals surface area (Å²) in [6.07, 6.45) is 13.0. The van der Waals surface area contributed by atoms with Crippen LogP contribution in [0.5, 0.6) is 0 Å². The Morgan fingerprint density at radius 2 is 1.47 bits per heavy atom. The van der Waals surface area contributed by atoms with Gasteiger partial charge >= 0.3 is 0 Å². The van der Waals surface area contributed by atoms with Gasteiger partial charge in [0.25, 0.3) is 0 Å². The largest absolute Gasteiger partial charge is 0.371 e. The van der Waals surface area contributed by atoms with Crippen LogP contribution in [-0.2, 0) is 4.74 Å². The van der Waals surface area contributed by atoms with E-state index in [-0.39, 0.29) is 0 Å². The van der Waals surface area contributed by atoms with E-state index in [0.717, 1.165) is 36.8 Å². The third-order valence-corrected chi connectivity index (χ3v) is 6.93. The third kappa shape index (κ3) is 1.82. The fourth-order valence-electron chi connectivity index (χ4n) is 6.34. The molecule has 6 aliphatic rings. The zero-order valence-electron chi connectivity index (χ0n) is 11.9. The van der Waals surface area contributed by atoms with Crippen molar-refractivity contribution in [1.82, 2.24) is 5.32 Å². The highest BCUT2D eigenvalue weighted by Crippen LogP contribution is 2.62. The maximum absolute atomic E-state index is 6.63. The molecular formula is C17H27NO. The lowest BCUT2D eigenvalue weighted by atomic mass is 9.48. The number of hydrogen-bond acceptors (Lipinski definition) is 2. The van der Waals surface area contributed by atoms with E-state index in [0.29, 0.717) is 17.6 Å². The maximum Gasteiger partial charge on any atom is 0.0760 e. The van der Waals surface area contributed by atoms with Crippen LogP contribution in [-0.4, -0.2) is 25.3 Å². The number of ether oxygens (including phenoxy) is 1. The minimum Gasteiger partial charge on any atom is -0.371 e. The SMILES string of the molecule is C1C2CC3CC1CC(C1CNCC(C4CC4)O1)(C2)C3. The Hall–Kier alpha value is -0.0800. The van der Waals surface area contributed by atoms with Gasteiger partial charge in [-0.05, 0) is 80.5 Å². The van der Waals surface area contributed by atoms with Crippen molar-refractivity contribution in [1.29, 1.82) is 0 Å². The molecule has 6 fully saturated rings. The first-order valence-corrected chi connectivity index (χ1v) is 8.67. The number of rotatable bonds is 2. The van der Waals surface area contributed by atoms with Crippen LogP contribution in [0.25, 0.3) is 0 Å². The van der Waals surface area contributed by atoms with Crippen LogP contribution < -0.4 is 5.32 Å². The Morgan fingerprint density at radius 3 is 2.05 bits per heavy atom. The van der Waals surface area contributed by atoms with Gasteiger partial charge in [0, 0.05) is 13.1 Å². The van der Waals surface area contributed by atoms with Gasteiger partial charge in [-0.15, -0.1) is 0 Å². The van der Waals surface area contributed by atoms with E-state index in [1.807, 2.05) is 0 Å². The highest BCUT2D eigenvalue weighted by atomic mass is 16.5. The van der Waals surface area contributed by atoms with Crippen molar-refractivity contribution in [2.75, 3.05) is 13.1 Å². The molecule has 2 nitrogen and oxygen atoms in total. The molecule has 0 spiro atoms. The molecule has 0 amide bonds. The van der Waals surface area contributed by atoms with Gasteiger partial charge in [0.15, 0.2) is 0 Å². The molecule has 0 radical (unpaired) electrons. The van der Waals surface area contributed by atoms with E-state index < -0.39 is 0 Å². The molecule has 1 aliphatic heterocycles. The van der Waals surface area contributed by atoms with Crippen molar-refractivity contribution in [3.05, 3.63) is 0 Å². The van der Waals surface area contributed by atoms with Crippen molar-refractivity contribution in [3.63, 3.8) is 0 Å². The van der Waals surface area contributed by atoms with E-state index >= 15 is 0 Å². The summed E-state index contributed by atoms with van der Waals surface area (Å²) in [4.78, 5) is 0. The molecular weight excluding hydrogens is 234 g/mol. The van der Waals surface area contributed by atoms with Gasteiger partial charge in [-0.25, -0.2) is 0 Å². The van der Waals surface area contributed by atoms with Gasteiger partial charge in [0.2, 0.25) is 0 Å². The fraction of sp³-hybridized carbons (Fsp3) is 1.00. The monoisotopic (exact) mass is 261 g/mol. The van der Waals surface area contributed by atoms with E-state index in [4.69, 9.17) is 4.74 Å². The molecule has 0 aromatic heterocycles. The Bertz CT molecular complexity index is 340. The molecule has 106 valence electrons. The second-order valence-electron chi connectivity index (χ2n) is 8.44. The van der Waals surface area contributed by atoms with E-state index in [1.54, 1.807) is 19.3 Å². The van der Waals surface area contributed by atoms with Crippen molar-refractivity contribution in [2.45, 2.75) is 63.6 Å². The van der Waals surface area contributed by atoms with Gasteiger partial charge < -0.3 is 10.1 Å². The number of hydrogen-bond donors (Lipinski definition) is 1. The quantitative estimate of drug-likeness (QED) is 0.825. The molecule has 5 saturated carbocycles. The lowest BCUT2D eigenvalue weighted by Gasteiger charge is -2.60. The topological polar surface area (TPSA) is 21.3 Å². The van der Waals surface area contributed by atoms with Crippen molar-refractivity contribution < 1.29 is 4.74 Å². The maximum atomic E-state index is 6.63. The molecule has 19 heavy (non-hydrogen) atoms. The van der Waals surface area contributed by atoms with Crippen molar-refractivity contribution in [2.24, 2.45) is 29.1 Å². The highest BCUT2D eigenvalue weighted by molar-refractivity contribution is 5.06. The first kappa shape index (κ1) is 11.6. The average Bonchev–Trinajstić information content (AvgIpc) is 3.21. The molecule has 2 heteroatoms. The van der Waals surface area contributed by atoms with E-state index in [2.05, 4.69) is 5.32 Å². The van der Waals surface area contributed by atoms with Crippen LogP contribution in [0.3, 0.4) is 0 Å². The lowest BCUT2D eigenvalue weighted by molar-refractivity contribution is -0.173. The zero-order valence-corrected chi connectivity index (χ0v) is 11.9. The summed E-state index contributed by atoms with van der Waals surface area (Å²) in [6, 6.07) is 0. The Balaban J connectivity index is 1.39. The molecule has 4 bridgehead atoms. The molecule has 2 atom stereocenters. The molecule has 1 heterocycles. The standard InChI is InChI=1S/C17H27NO/c1-2-14(1)15-9-18-10-16(19-15)17-6-11-3-12(7-17)5-13(4-11)8-17/h11-16,18H,1-10H2. The van der Waals surface area contributed by atoms with Gasteiger partial charge in [-0.1, -0.05) is 0 Å². The third-order valence-electron chi connectivity index (χ3n) is 6.93. The minimum absolute atomic E-state index is 0.542. The molecule has 2 unspecified atom stereocenters. The van der Waals surface area contributed by atoms with Crippen LogP contribution in [0.2, 0.25) is 0 Å². The van der Waals surface area contributed by atoms with Crippen molar-refractivity contribution >= 4 is 0 Å². The number of nitrogens with one attached hydrogen (secondary N) is 1. The van der Waals surface area contributed by atoms with Crippen molar-refractivity contribution in [3.8, 4) is 0 Å². The Kier molecular flexibility index (Phi) is 2.42. The van der Waals surface area contributed by atoms with Gasteiger partial charge in [-0.3, -0.25) is 0 Å². The fourth-order valence-corrected chi connectivity index (χ4v) is 6.34. The van der Waals surface area contributed by atoms with Gasteiger partial charge in [0.1, 0.15) is 0 Å². The molecule has 0 aromatic carbocycles. The minimum atomic E-state index is 0.542. The smallest absolute Gasteiger partial charge is 0.0760 e. The van der Waals surface area contributed by atoms with E-state index in [1.165, 1.54) is 32.1 Å². The molecule has 6 rings (SSSR count). The van der Waals surface area contributed by atoms with E-state index in [9.17, 15) is 0 Å². The molecule has 1 saturated heterocycles.